The van der Waals surface area contributed by atoms with E-state index in [1.165, 1.54) is 0 Å². The summed E-state index contributed by atoms with van der Waals surface area (Å²) >= 11 is 6.09. The van der Waals surface area contributed by atoms with Gasteiger partial charge in [0.25, 0.3) is 0 Å². The van der Waals surface area contributed by atoms with Gasteiger partial charge in [0.1, 0.15) is 0 Å². The quantitative estimate of drug-likeness (QED) is 0.877. The molecule has 0 spiro atoms. The fourth-order valence-electron chi connectivity index (χ4n) is 1.51. The van der Waals surface area contributed by atoms with E-state index in [1.807, 2.05) is 31.0 Å². The number of aliphatic hydroxyl groups excluding tert-OH is 1. The zero-order valence-corrected chi connectivity index (χ0v) is 10.2. The summed E-state index contributed by atoms with van der Waals surface area (Å²) in [5.74, 6) is -0.0430. The molecule has 0 amide bonds. The van der Waals surface area contributed by atoms with Crippen LogP contribution in [0.5, 0.6) is 0 Å². The number of hydrogen-bond donors (Lipinski definition) is 1. The van der Waals surface area contributed by atoms with Gasteiger partial charge in [-0.2, -0.15) is 5.26 Å². The first-order chi connectivity index (χ1) is 7.58. The number of anilines is 1. The van der Waals surface area contributed by atoms with Crippen LogP contribution in [-0.2, 0) is 6.61 Å². The van der Waals surface area contributed by atoms with Crippen LogP contribution in [0.1, 0.15) is 12.5 Å². The maximum Gasteiger partial charge on any atom is 0.0682 e. The van der Waals surface area contributed by atoms with Crippen LogP contribution < -0.4 is 4.90 Å². The lowest BCUT2D eigenvalue weighted by Gasteiger charge is -2.21. The largest absolute Gasteiger partial charge is 0.392 e. The highest BCUT2D eigenvalue weighted by molar-refractivity contribution is 6.33. The van der Waals surface area contributed by atoms with Crippen molar-refractivity contribution in [3.63, 3.8) is 0 Å². The summed E-state index contributed by atoms with van der Waals surface area (Å²) < 4.78 is 0. The number of nitriles is 1. The summed E-state index contributed by atoms with van der Waals surface area (Å²) in [5, 5.41) is 18.3. The third-order valence-electron chi connectivity index (χ3n) is 2.37. The van der Waals surface area contributed by atoms with Gasteiger partial charge in [-0.1, -0.05) is 17.7 Å². The molecule has 1 atom stereocenters. The smallest absolute Gasteiger partial charge is 0.0682 e. The van der Waals surface area contributed by atoms with Gasteiger partial charge in [-0.25, -0.2) is 0 Å². The highest BCUT2D eigenvalue weighted by atomic mass is 35.5. The van der Waals surface area contributed by atoms with Gasteiger partial charge in [-0.15, -0.1) is 0 Å². The average molecular weight is 239 g/mol. The minimum atomic E-state index is -0.0430. The zero-order valence-electron chi connectivity index (χ0n) is 9.44. The number of aliphatic hydroxyl groups is 1. The molecule has 1 N–H and O–H groups in total. The molecular formula is C12H15ClN2O. The van der Waals surface area contributed by atoms with E-state index in [9.17, 15) is 0 Å². The zero-order chi connectivity index (χ0) is 12.1. The Labute approximate surface area is 101 Å². The van der Waals surface area contributed by atoms with Gasteiger partial charge < -0.3 is 10.0 Å². The lowest BCUT2D eigenvalue weighted by atomic mass is 10.1. The SMILES string of the molecule is CC(C#N)CN(C)c1ccc(CO)cc1Cl. The minimum absolute atomic E-state index is 0.0156. The van der Waals surface area contributed by atoms with Crippen LogP contribution in [0.4, 0.5) is 5.69 Å². The van der Waals surface area contributed by atoms with Crippen molar-refractivity contribution in [2.24, 2.45) is 5.92 Å². The van der Waals surface area contributed by atoms with E-state index in [0.717, 1.165) is 11.3 Å². The number of benzene rings is 1. The standard InChI is InChI=1S/C12H15ClN2O/c1-9(6-14)7-15(2)12-4-3-10(8-16)5-11(12)13/h3-5,9,16H,7-8H2,1-2H3. The van der Waals surface area contributed by atoms with Gasteiger partial charge in [0.05, 0.1) is 29.3 Å². The van der Waals surface area contributed by atoms with Gasteiger partial charge in [-0.05, 0) is 24.6 Å². The van der Waals surface area contributed by atoms with Crippen LogP contribution in [0.25, 0.3) is 0 Å². The Morgan fingerprint density at radius 2 is 2.25 bits per heavy atom. The molecule has 0 radical (unpaired) electrons. The van der Waals surface area contributed by atoms with Gasteiger partial charge >= 0.3 is 0 Å². The third kappa shape index (κ3) is 3.13. The number of halogens is 1. The van der Waals surface area contributed by atoms with Crippen molar-refractivity contribution in [2.45, 2.75) is 13.5 Å². The van der Waals surface area contributed by atoms with Crippen molar-refractivity contribution in [3.05, 3.63) is 28.8 Å². The summed E-state index contributed by atoms with van der Waals surface area (Å²) in [7, 11) is 1.90. The van der Waals surface area contributed by atoms with Gasteiger partial charge in [-0.3, -0.25) is 0 Å². The van der Waals surface area contributed by atoms with Crippen LogP contribution in [0.3, 0.4) is 0 Å². The second-order valence-corrected chi connectivity index (χ2v) is 4.26. The molecule has 0 bridgehead atoms. The van der Waals surface area contributed by atoms with Crippen molar-refractivity contribution >= 4 is 17.3 Å². The molecule has 0 saturated carbocycles. The Bertz CT molecular complexity index is 400. The van der Waals surface area contributed by atoms with Crippen molar-refractivity contribution in [3.8, 4) is 6.07 Å². The molecule has 86 valence electrons. The summed E-state index contributed by atoms with van der Waals surface area (Å²) in [4.78, 5) is 1.94. The minimum Gasteiger partial charge on any atom is -0.392 e. The Kier molecular flexibility index (Phi) is 4.60. The first-order valence-electron chi connectivity index (χ1n) is 5.08. The fraction of sp³-hybridized carbons (Fsp3) is 0.417. The molecule has 0 heterocycles. The summed E-state index contributed by atoms with van der Waals surface area (Å²) in [5.41, 5.74) is 1.66. The normalized spacial score (nSPS) is 11.9. The van der Waals surface area contributed by atoms with E-state index in [0.29, 0.717) is 11.6 Å². The summed E-state index contributed by atoms with van der Waals surface area (Å²) in [6.07, 6.45) is 0. The first kappa shape index (κ1) is 12.8. The predicted octanol–water partition coefficient (Wildman–Crippen LogP) is 2.43. The molecule has 1 unspecified atom stereocenters. The fourth-order valence-corrected chi connectivity index (χ4v) is 1.86. The molecule has 4 heteroatoms. The molecule has 0 saturated heterocycles. The van der Waals surface area contributed by atoms with Crippen molar-refractivity contribution in [2.75, 3.05) is 18.5 Å². The summed E-state index contributed by atoms with van der Waals surface area (Å²) in [6.45, 7) is 2.49. The Morgan fingerprint density at radius 1 is 1.56 bits per heavy atom. The van der Waals surface area contributed by atoms with Gasteiger partial charge in [0.15, 0.2) is 0 Å². The van der Waals surface area contributed by atoms with Crippen molar-refractivity contribution < 1.29 is 5.11 Å². The molecule has 16 heavy (non-hydrogen) atoms. The molecule has 1 rings (SSSR count). The lowest BCUT2D eigenvalue weighted by molar-refractivity contribution is 0.282. The second-order valence-electron chi connectivity index (χ2n) is 3.85. The Balaban J connectivity index is 2.84. The van der Waals surface area contributed by atoms with Crippen LogP contribution >= 0.6 is 11.6 Å². The molecule has 1 aromatic rings. The maximum absolute atomic E-state index is 8.96. The maximum atomic E-state index is 8.96. The summed E-state index contributed by atoms with van der Waals surface area (Å²) in [6, 6.07) is 7.61. The van der Waals surface area contributed by atoms with Crippen LogP contribution in [0, 0.1) is 17.2 Å². The van der Waals surface area contributed by atoms with E-state index >= 15 is 0 Å². The van der Waals surface area contributed by atoms with Crippen LogP contribution in [-0.4, -0.2) is 18.7 Å². The van der Waals surface area contributed by atoms with E-state index < -0.39 is 0 Å². The first-order valence-corrected chi connectivity index (χ1v) is 5.46. The number of hydrogen-bond acceptors (Lipinski definition) is 3. The second kappa shape index (κ2) is 5.74. The predicted molar refractivity (Wildman–Crippen MR) is 65.4 cm³/mol. The number of nitrogens with zero attached hydrogens (tertiary/aromatic N) is 2. The van der Waals surface area contributed by atoms with E-state index in [-0.39, 0.29) is 12.5 Å². The molecule has 1 aromatic carbocycles. The third-order valence-corrected chi connectivity index (χ3v) is 2.68. The van der Waals surface area contributed by atoms with Gasteiger partial charge in [0.2, 0.25) is 0 Å². The molecule has 0 aliphatic heterocycles. The van der Waals surface area contributed by atoms with Crippen LogP contribution in [0.2, 0.25) is 5.02 Å². The van der Waals surface area contributed by atoms with Crippen molar-refractivity contribution in [1.82, 2.24) is 0 Å². The molecular weight excluding hydrogens is 224 g/mol. The number of rotatable bonds is 4. The lowest BCUT2D eigenvalue weighted by Crippen LogP contribution is -2.23. The van der Waals surface area contributed by atoms with Gasteiger partial charge in [0, 0.05) is 13.6 Å². The molecule has 3 nitrogen and oxygen atoms in total. The molecule has 0 fully saturated rings. The highest BCUT2D eigenvalue weighted by Gasteiger charge is 2.09. The topological polar surface area (TPSA) is 47.3 Å². The van der Waals surface area contributed by atoms with E-state index in [1.54, 1.807) is 6.07 Å². The highest BCUT2D eigenvalue weighted by Crippen LogP contribution is 2.26. The van der Waals surface area contributed by atoms with Crippen molar-refractivity contribution in [1.29, 1.82) is 5.26 Å². The molecule has 0 aliphatic rings. The van der Waals surface area contributed by atoms with E-state index in [2.05, 4.69) is 6.07 Å². The average Bonchev–Trinajstić information content (AvgIpc) is 2.28. The molecule has 0 aromatic heterocycles. The monoisotopic (exact) mass is 238 g/mol. The van der Waals surface area contributed by atoms with Crippen LogP contribution in [0.15, 0.2) is 18.2 Å². The molecule has 0 aliphatic carbocycles. The Morgan fingerprint density at radius 3 is 2.75 bits per heavy atom. The van der Waals surface area contributed by atoms with E-state index in [4.69, 9.17) is 22.0 Å². The Hall–Kier alpha value is -1.24.